The normalized spacial score (nSPS) is 26.8. The van der Waals surface area contributed by atoms with Crippen LogP contribution in [0.1, 0.15) is 44.7 Å². The lowest BCUT2D eigenvalue weighted by atomic mass is 9.92. The minimum absolute atomic E-state index is 0.662. The summed E-state index contributed by atoms with van der Waals surface area (Å²) in [6.45, 7) is 6.62. The lowest BCUT2D eigenvalue weighted by molar-refractivity contribution is 0.368. The molecule has 15 heavy (non-hydrogen) atoms. The van der Waals surface area contributed by atoms with Crippen molar-refractivity contribution in [2.45, 2.75) is 51.6 Å². The van der Waals surface area contributed by atoms with Crippen LogP contribution in [0.3, 0.4) is 0 Å². The van der Waals surface area contributed by atoms with Crippen LogP contribution < -0.4 is 5.32 Å². The summed E-state index contributed by atoms with van der Waals surface area (Å²) in [6, 6.07) is 2.86. The molecule has 1 aromatic heterocycles. The van der Waals surface area contributed by atoms with E-state index in [9.17, 15) is 0 Å². The predicted octanol–water partition coefficient (Wildman–Crippen LogP) is 2.15. The molecule has 2 atom stereocenters. The van der Waals surface area contributed by atoms with Gasteiger partial charge in [0.25, 0.3) is 0 Å². The van der Waals surface area contributed by atoms with Gasteiger partial charge in [-0.3, -0.25) is 4.68 Å². The molecule has 84 valence electrons. The van der Waals surface area contributed by atoms with E-state index in [1.54, 1.807) is 0 Å². The number of hydrogen-bond donors (Lipinski definition) is 1. The van der Waals surface area contributed by atoms with Gasteiger partial charge in [-0.1, -0.05) is 6.92 Å². The number of aryl methyl sites for hydroxylation is 1. The van der Waals surface area contributed by atoms with Crippen molar-refractivity contribution in [2.75, 3.05) is 6.54 Å². The van der Waals surface area contributed by atoms with Gasteiger partial charge in [-0.25, -0.2) is 0 Å². The molecule has 0 bridgehead atoms. The van der Waals surface area contributed by atoms with Crippen molar-refractivity contribution < 1.29 is 0 Å². The van der Waals surface area contributed by atoms with Gasteiger partial charge in [0, 0.05) is 36.9 Å². The quantitative estimate of drug-likeness (QED) is 0.823. The fourth-order valence-electron chi connectivity index (χ4n) is 2.34. The Hall–Kier alpha value is -0.830. The molecule has 1 saturated heterocycles. The van der Waals surface area contributed by atoms with Crippen LogP contribution in [0.15, 0.2) is 12.3 Å². The maximum Gasteiger partial charge on any atom is 0.0492 e. The lowest BCUT2D eigenvalue weighted by Gasteiger charge is -2.28. The minimum Gasteiger partial charge on any atom is -0.314 e. The van der Waals surface area contributed by atoms with Gasteiger partial charge in [0.15, 0.2) is 0 Å². The fraction of sp³-hybridized carbons (Fsp3) is 0.750. The van der Waals surface area contributed by atoms with Crippen LogP contribution in [0, 0.1) is 0 Å². The third-order valence-electron chi connectivity index (χ3n) is 3.26. The minimum atomic E-state index is 0.662. The van der Waals surface area contributed by atoms with Crippen LogP contribution in [0.5, 0.6) is 0 Å². The van der Waals surface area contributed by atoms with Crippen LogP contribution in [0.4, 0.5) is 0 Å². The van der Waals surface area contributed by atoms with E-state index in [1.807, 2.05) is 6.20 Å². The second-order valence-corrected chi connectivity index (χ2v) is 4.56. The first-order valence-electron chi connectivity index (χ1n) is 6.06. The summed E-state index contributed by atoms with van der Waals surface area (Å²) < 4.78 is 2.17. The van der Waals surface area contributed by atoms with Crippen molar-refractivity contribution in [1.29, 1.82) is 0 Å². The Morgan fingerprint density at radius 1 is 1.53 bits per heavy atom. The third-order valence-corrected chi connectivity index (χ3v) is 3.26. The summed E-state index contributed by atoms with van der Waals surface area (Å²) in [7, 11) is 0. The van der Waals surface area contributed by atoms with Gasteiger partial charge in [0.05, 0.1) is 0 Å². The molecular weight excluding hydrogens is 186 g/mol. The van der Waals surface area contributed by atoms with E-state index in [-0.39, 0.29) is 0 Å². The summed E-state index contributed by atoms with van der Waals surface area (Å²) in [5.41, 5.74) is 1.41. The van der Waals surface area contributed by atoms with Gasteiger partial charge in [0.2, 0.25) is 0 Å². The molecule has 0 radical (unpaired) electrons. The Morgan fingerprint density at radius 2 is 2.40 bits per heavy atom. The van der Waals surface area contributed by atoms with E-state index >= 15 is 0 Å². The van der Waals surface area contributed by atoms with Crippen LogP contribution >= 0.6 is 0 Å². The first kappa shape index (κ1) is 10.7. The number of nitrogens with one attached hydrogen (secondary N) is 1. The zero-order valence-electron chi connectivity index (χ0n) is 9.74. The monoisotopic (exact) mass is 207 g/mol. The highest BCUT2D eigenvalue weighted by atomic mass is 15.3. The molecule has 1 fully saturated rings. The zero-order valence-corrected chi connectivity index (χ0v) is 9.74. The van der Waals surface area contributed by atoms with Crippen LogP contribution in [-0.2, 0) is 6.54 Å². The Balaban J connectivity index is 2.05. The molecule has 2 unspecified atom stereocenters. The van der Waals surface area contributed by atoms with Gasteiger partial charge in [-0.15, -0.1) is 0 Å². The standard InChI is InChI=1S/C12H21N3/c1-3-8-15-12(6-7-14-15)11-5-4-10(2)13-9-11/h6-7,10-11,13H,3-5,8-9H2,1-2H3. The highest BCUT2D eigenvalue weighted by molar-refractivity contribution is 5.10. The Labute approximate surface area is 91.9 Å². The van der Waals surface area contributed by atoms with Crippen molar-refractivity contribution in [3.63, 3.8) is 0 Å². The molecule has 3 nitrogen and oxygen atoms in total. The SMILES string of the molecule is CCCn1nccc1C1CCC(C)NC1. The maximum absolute atomic E-state index is 4.39. The molecule has 0 aliphatic carbocycles. The number of piperidine rings is 1. The smallest absolute Gasteiger partial charge is 0.0492 e. The molecule has 1 N–H and O–H groups in total. The Kier molecular flexibility index (Phi) is 3.41. The first-order chi connectivity index (χ1) is 7.31. The molecule has 0 spiro atoms. The van der Waals surface area contributed by atoms with E-state index in [0.29, 0.717) is 12.0 Å². The molecule has 2 rings (SSSR count). The van der Waals surface area contributed by atoms with Crippen molar-refractivity contribution in [3.8, 4) is 0 Å². The Bertz CT molecular complexity index is 298. The van der Waals surface area contributed by atoms with Crippen molar-refractivity contribution in [2.24, 2.45) is 0 Å². The zero-order chi connectivity index (χ0) is 10.7. The topological polar surface area (TPSA) is 29.9 Å². The molecule has 0 amide bonds. The highest BCUT2D eigenvalue weighted by Gasteiger charge is 2.21. The van der Waals surface area contributed by atoms with Crippen LogP contribution in [-0.4, -0.2) is 22.4 Å². The highest BCUT2D eigenvalue weighted by Crippen LogP contribution is 2.24. The van der Waals surface area contributed by atoms with Gasteiger partial charge in [-0.2, -0.15) is 5.10 Å². The van der Waals surface area contributed by atoms with Gasteiger partial charge in [0.1, 0.15) is 0 Å². The number of hydrogen-bond acceptors (Lipinski definition) is 2. The van der Waals surface area contributed by atoms with E-state index < -0.39 is 0 Å². The Morgan fingerprint density at radius 3 is 3.07 bits per heavy atom. The molecule has 0 saturated carbocycles. The number of aromatic nitrogens is 2. The second-order valence-electron chi connectivity index (χ2n) is 4.56. The summed E-state index contributed by atoms with van der Waals surface area (Å²) in [5.74, 6) is 0.662. The maximum atomic E-state index is 4.39. The van der Waals surface area contributed by atoms with E-state index in [0.717, 1.165) is 19.5 Å². The predicted molar refractivity (Wildman–Crippen MR) is 62.0 cm³/mol. The number of rotatable bonds is 3. The molecule has 1 aliphatic rings. The summed E-state index contributed by atoms with van der Waals surface area (Å²) in [6.07, 6.45) is 5.67. The molecule has 3 heteroatoms. The molecule has 0 aromatic carbocycles. The average Bonchev–Trinajstić information content (AvgIpc) is 2.68. The summed E-state index contributed by atoms with van der Waals surface area (Å²) in [5, 5.41) is 7.94. The molecule has 1 aliphatic heterocycles. The summed E-state index contributed by atoms with van der Waals surface area (Å²) >= 11 is 0. The second kappa shape index (κ2) is 4.79. The molecular formula is C12H21N3. The van der Waals surface area contributed by atoms with Crippen molar-refractivity contribution in [1.82, 2.24) is 15.1 Å². The first-order valence-corrected chi connectivity index (χ1v) is 6.06. The van der Waals surface area contributed by atoms with Gasteiger partial charge in [-0.05, 0) is 32.3 Å². The van der Waals surface area contributed by atoms with E-state index in [1.165, 1.54) is 18.5 Å². The van der Waals surface area contributed by atoms with Crippen LogP contribution in [0.25, 0.3) is 0 Å². The summed E-state index contributed by atoms with van der Waals surface area (Å²) in [4.78, 5) is 0. The molecule has 1 aromatic rings. The molecule has 2 heterocycles. The largest absolute Gasteiger partial charge is 0.314 e. The van der Waals surface area contributed by atoms with Crippen molar-refractivity contribution in [3.05, 3.63) is 18.0 Å². The average molecular weight is 207 g/mol. The van der Waals surface area contributed by atoms with Gasteiger partial charge >= 0.3 is 0 Å². The van der Waals surface area contributed by atoms with E-state index in [4.69, 9.17) is 0 Å². The van der Waals surface area contributed by atoms with Crippen LogP contribution in [0.2, 0.25) is 0 Å². The van der Waals surface area contributed by atoms with E-state index in [2.05, 4.69) is 35.0 Å². The van der Waals surface area contributed by atoms with Crippen molar-refractivity contribution >= 4 is 0 Å². The number of nitrogens with zero attached hydrogens (tertiary/aromatic N) is 2. The van der Waals surface area contributed by atoms with Gasteiger partial charge < -0.3 is 5.32 Å². The fourth-order valence-corrected chi connectivity index (χ4v) is 2.34. The third kappa shape index (κ3) is 2.40. The lowest BCUT2D eigenvalue weighted by Crippen LogP contribution is -2.36.